The number of hydrogen-bond donors (Lipinski definition) is 2. The van der Waals surface area contributed by atoms with Gasteiger partial charge in [-0.25, -0.2) is 4.79 Å². The molecule has 1 aliphatic heterocycles. The van der Waals surface area contributed by atoms with Crippen LogP contribution < -0.4 is 5.32 Å². The van der Waals surface area contributed by atoms with Crippen LogP contribution in [-0.4, -0.2) is 74.2 Å². The van der Waals surface area contributed by atoms with E-state index in [1.165, 1.54) is 33.3 Å². The van der Waals surface area contributed by atoms with Gasteiger partial charge in [-0.15, -0.1) is 0 Å². The van der Waals surface area contributed by atoms with Crippen molar-refractivity contribution in [3.63, 3.8) is 0 Å². The molecule has 0 aromatic carbocycles. The predicted octanol–water partition coefficient (Wildman–Crippen LogP) is 0.528. The number of aromatic amines is 1. The van der Waals surface area contributed by atoms with E-state index in [1.807, 2.05) is 6.07 Å². The van der Waals surface area contributed by atoms with Gasteiger partial charge in [0.05, 0.1) is 7.11 Å². The van der Waals surface area contributed by atoms with Crippen molar-refractivity contribution in [1.82, 2.24) is 20.1 Å². The number of carbonyl (C=O) groups is 1. The Hall–Kier alpha value is -1.37. The van der Waals surface area contributed by atoms with Gasteiger partial charge in [0.2, 0.25) is 0 Å². The molecule has 0 atom stereocenters. The molecule has 1 saturated heterocycles. The molecule has 0 bridgehead atoms. The lowest BCUT2D eigenvalue weighted by molar-refractivity contribution is 0.0594. The van der Waals surface area contributed by atoms with Gasteiger partial charge in [-0.3, -0.25) is 0 Å². The molecular formula is C15H26N4O2. The normalized spacial score (nSPS) is 17.0. The highest BCUT2D eigenvalue weighted by Gasteiger charge is 2.12. The van der Waals surface area contributed by atoms with Crippen molar-refractivity contribution in [1.29, 1.82) is 0 Å². The van der Waals surface area contributed by atoms with Crippen LogP contribution in [0.3, 0.4) is 0 Å². The van der Waals surface area contributed by atoms with Crippen LogP contribution in [0, 0.1) is 0 Å². The molecule has 0 unspecified atom stereocenters. The van der Waals surface area contributed by atoms with Crippen molar-refractivity contribution >= 4 is 5.97 Å². The van der Waals surface area contributed by atoms with Gasteiger partial charge < -0.3 is 24.8 Å². The van der Waals surface area contributed by atoms with Gasteiger partial charge in [0, 0.05) is 38.4 Å². The Morgan fingerprint density at radius 3 is 2.81 bits per heavy atom. The molecule has 0 saturated carbocycles. The highest BCUT2D eigenvalue weighted by Crippen LogP contribution is 2.03. The first-order chi connectivity index (χ1) is 10.2. The van der Waals surface area contributed by atoms with Crippen LogP contribution in [0.5, 0.6) is 0 Å². The van der Waals surface area contributed by atoms with Gasteiger partial charge in [0.25, 0.3) is 0 Å². The number of nitrogens with zero attached hydrogens (tertiary/aromatic N) is 2. The van der Waals surface area contributed by atoms with E-state index in [0.29, 0.717) is 5.69 Å². The van der Waals surface area contributed by atoms with Crippen LogP contribution in [-0.2, 0) is 11.3 Å². The summed E-state index contributed by atoms with van der Waals surface area (Å²) in [6.45, 7) is 7.58. The second kappa shape index (κ2) is 8.17. The Balaban J connectivity index is 1.57. The minimum absolute atomic E-state index is 0.323. The number of H-pyrrole nitrogens is 1. The SMILES string of the molecule is COC(=O)c1ccc(CNCCCN2CCN(C)CC2)[nH]1. The monoisotopic (exact) mass is 294 g/mol. The van der Waals surface area contributed by atoms with E-state index in [9.17, 15) is 4.79 Å². The van der Waals surface area contributed by atoms with E-state index in [1.54, 1.807) is 6.07 Å². The summed E-state index contributed by atoms with van der Waals surface area (Å²) in [7, 11) is 3.57. The van der Waals surface area contributed by atoms with Crippen molar-refractivity contribution in [2.24, 2.45) is 0 Å². The third-order valence-corrected chi connectivity index (χ3v) is 3.89. The lowest BCUT2D eigenvalue weighted by atomic mass is 10.3. The van der Waals surface area contributed by atoms with E-state index in [4.69, 9.17) is 0 Å². The number of aromatic nitrogens is 1. The molecule has 2 N–H and O–H groups in total. The van der Waals surface area contributed by atoms with Crippen molar-refractivity contribution in [2.45, 2.75) is 13.0 Å². The molecule has 1 aliphatic rings. The Morgan fingerprint density at radius 2 is 2.10 bits per heavy atom. The number of piperazine rings is 1. The van der Waals surface area contributed by atoms with Crippen molar-refractivity contribution in [2.75, 3.05) is 53.4 Å². The second-order valence-corrected chi connectivity index (χ2v) is 5.56. The van der Waals surface area contributed by atoms with E-state index in [-0.39, 0.29) is 5.97 Å². The maximum absolute atomic E-state index is 11.3. The first-order valence-corrected chi connectivity index (χ1v) is 7.57. The van der Waals surface area contributed by atoms with Gasteiger partial charge in [0.1, 0.15) is 5.69 Å². The first-order valence-electron chi connectivity index (χ1n) is 7.57. The highest BCUT2D eigenvalue weighted by atomic mass is 16.5. The van der Waals surface area contributed by atoms with Crippen molar-refractivity contribution in [3.05, 3.63) is 23.5 Å². The lowest BCUT2D eigenvalue weighted by Crippen LogP contribution is -2.45. The summed E-state index contributed by atoms with van der Waals surface area (Å²) in [5.74, 6) is -0.323. The van der Waals surface area contributed by atoms with Crippen LogP contribution in [0.15, 0.2) is 12.1 Å². The highest BCUT2D eigenvalue weighted by molar-refractivity contribution is 5.87. The van der Waals surface area contributed by atoms with Crippen molar-refractivity contribution < 1.29 is 9.53 Å². The molecule has 0 radical (unpaired) electrons. The number of carbonyl (C=O) groups excluding carboxylic acids is 1. The summed E-state index contributed by atoms with van der Waals surface area (Å²) in [6.07, 6.45) is 1.15. The molecular weight excluding hydrogens is 268 g/mol. The minimum atomic E-state index is -0.323. The number of hydrogen-bond acceptors (Lipinski definition) is 5. The number of likely N-dealkylation sites (N-methyl/N-ethyl adjacent to an activating group) is 1. The topological polar surface area (TPSA) is 60.6 Å². The average Bonchev–Trinajstić information content (AvgIpc) is 2.97. The zero-order valence-corrected chi connectivity index (χ0v) is 13.0. The Labute approximate surface area is 126 Å². The summed E-state index contributed by atoms with van der Waals surface area (Å²) in [6, 6.07) is 3.67. The Morgan fingerprint density at radius 1 is 1.33 bits per heavy atom. The molecule has 0 aliphatic carbocycles. The van der Waals surface area contributed by atoms with Gasteiger partial charge in [-0.2, -0.15) is 0 Å². The molecule has 1 aromatic heterocycles. The van der Waals surface area contributed by atoms with Gasteiger partial charge in [-0.1, -0.05) is 0 Å². The molecule has 0 amide bonds. The molecule has 21 heavy (non-hydrogen) atoms. The summed E-state index contributed by atoms with van der Waals surface area (Å²) in [5, 5.41) is 3.40. The van der Waals surface area contributed by atoms with Gasteiger partial charge in [0.15, 0.2) is 0 Å². The summed E-state index contributed by atoms with van der Waals surface area (Å²) < 4.78 is 4.67. The van der Waals surface area contributed by atoms with Crippen molar-refractivity contribution in [3.8, 4) is 0 Å². The van der Waals surface area contributed by atoms with E-state index < -0.39 is 0 Å². The molecule has 0 spiro atoms. The maximum Gasteiger partial charge on any atom is 0.354 e. The van der Waals surface area contributed by atoms with Crippen LogP contribution in [0.4, 0.5) is 0 Å². The fraction of sp³-hybridized carbons (Fsp3) is 0.667. The van der Waals surface area contributed by atoms with Crippen LogP contribution >= 0.6 is 0 Å². The second-order valence-electron chi connectivity index (χ2n) is 5.56. The quantitative estimate of drug-likeness (QED) is 0.567. The Kier molecular flexibility index (Phi) is 6.22. The molecule has 1 fully saturated rings. The number of methoxy groups -OCH3 is 1. The minimum Gasteiger partial charge on any atom is -0.464 e. The molecule has 6 heteroatoms. The standard InChI is InChI=1S/C15H26N4O2/c1-18-8-10-19(11-9-18)7-3-6-16-12-13-4-5-14(17-13)15(20)21-2/h4-5,16-17H,3,6-12H2,1-2H3. The molecule has 2 heterocycles. The number of ether oxygens (including phenoxy) is 1. The largest absolute Gasteiger partial charge is 0.464 e. The summed E-state index contributed by atoms with van der Waals surface area (Å²) in [4.78, 5) is 19.3. The lowest BCUT2D eigenvalue weighted by Gasteiger charge is -2.32. The Bertz CT molecular complexity index is 439. The average molecular weight is 294 g/mol. The summed E-state index contributed by atoms with van der Waals surface area (Å²) in [5.41, 5.74) is 1.52. The maximum atomic E-state index is 11.3. The van der Waals surface area contributed by atoms with Crippen LogP contribution in [0.2, 0.25) is 0 Å². The summed E-state index contributed by atoms with van der Waals surface area (Å²) >= 11 is 0. The fourth-order valence-corrected chi connectivity index (χ4v) is 2.49. The first kappa shape index (κ1) is 16.0. The third-order valence-electron chi connectivity index (χ3n) is 3.89. The van der Waals surface area contributed by atoms with E-state index in [2.05, 4.69) is 31.9 Å². The zero-order valence-electron chi connectivity index (χ0n) is 13.0. The number of nitrogens with one attached hydrogen (secondary N) is 2. The molecule has 1 aromatic rings. The molecule has 6 nitrogen and oxygen atoms in total. The third kappa shape index (κ3) is 5.15. The molecule has 118 valence electrons. The zero-order chi connectivity index (χ0) is 15.1. The van der Waals surface area contributed by atoms with E-state index in [0.717, 1.165) is 31.7 Å². The number of esters is 1. The van der Waals surface area contributed by atoms with E-state index >= 15 is 0 Å². The predicted molar refractivity (Wildman–Crippen MR) is 82.4 cm³/mol. The smallest absolute Gasteiger partial charge is 0.354 e. The van der Waals surface area contributed by atoms with Gasteiger partial charge in [-0.05, 0) is 38.7 Å². The van der Waals surface area contributed by atoms with Gasteiger partial charge >= 0.3 is 5.97 Å². The molecule has 2 rings (SSSR count). The van der Waals surface area contributed by atoms with Crippen LogP contribution in [0.25, 0.3) is 0 Å². The van der Waals surface area contributed by atoms with Crippen LogP contribution in [0.1, 0.15) is 22.6 Å². The fourth-order valence-electron chi connectivity index (χ4n) is 2.49. The number of rotatable bonds is 7.